The Balaban J connectivity index is 1.68. The van der Waals surface area contributed by atoms with E-state index in [4.69, 9.17) is 4.74 Å². The summed E-state index contributed by atoms with van der Waals surface area (Å²) in [5.74, 6) is 2.03. The Morgan fingerprint density at radius 3 is 2.63 bits per heavy atom. The van der Waals surface area contributed by atoms with Crippen LogP contribution in [-0.2, 0) is 4.79 Å². The van der Waals surface area contributed by atoms with Crippen molar-refractivity contribution in [3.8, 4) is 11.6 Å². The van der Waals surface area contributed by atoms with Crippen LogP contribution in [0, 0.1) is 5.92 Å². The highest BCUT2D eigenvalue weighted by atomic mass is 16.5. The second-order valence-electron chi connectivity index (χ2n) is 6.90. The predicted molar refractivity (Wildman–Crippen MR) is 121 cm³/mol. The summed E-state index contributed by atoms with van der Waals surface area (Å²) in [6.07, 6.45) is 6.73. The fourth-order valence-electron chi connectivity index (χ4n) is 3.40. The van der Waals surface area contributed by atoms with E-state index >= 15 is 0 Å². The van der Waals surface area contributed by atoms with E-state index in [9.17, 15) is 4.79 Å². The molecule has 1 aliphatic rings. The van der Waals surface area contributed by atoms with E-state index < -0.39 is 0 Å². The summed E-state index contributed by atoms with van der Waals surface area (Å²) in [5, 5.41) is 5.89. The molecule has 0 bridgehead atoms. The van der Waals surface area contributed by atoms with Gasteiger partial charge in [-0.1, -0.05) is 12.7 Å². The Morgan fingerprint density at radius 2 is 2.00 bits per heavy atom. The molecule has 2 N–H and O–H groups in total. The molecule has 156 valence electrons. The molecule has 7 nitrogen and oxygen atoms in total. The molecule has 1 fully saturated rings. The van der Waals surface area contributed by atoms with Gasteiger partial charge in [0.1, 0.15) is 17.3 Å². The maximum atomic E-state index is 11.9. The minimum absolute atomic E-state index is 0.0671. The number of pyridine rings is 1. The number of benzene rings is 1. The van der Waals surface area contributed by atoms with Gasteiger partial charge in [0, 0.05) is 37.9 Å². The molecule has 1 saturated heterocycles. The highest BCUT2D eigenvalue weighted by Gasteiger charge is 2.26. The highest BCUT2D eigenvalue weighted by Crippen LogP contribution is 2.33. The van der Waals surface area contributed by atoms with Crippen LogP contribution in [0.4, 0.5) is 11.4 Å². The molecular formula is C23H27N5O2. The van der Waals surface area contributed by atoms with Gasteiger partial charge in [-0.15, -0.1) is 0 Å². The minimum Gasteiger partial charge on any atom is -0.437 e. The molecular weight excluding hydrogens is 378 g/mol. The standard InChI is InChI=1S/C23H27N5O2/c1-4-6-21(24-2)27-18-8-10-19(11-9-18)30-23-20(7-5-14-26-23)28-15-12-17(13-16-28)22(29)25-3/h4-11,14,17,27H,1-2,12-13,15-16H2,3H3,(H,25,29)/b21-6+. The third-order valence-corrected chi connectivity index (χ3v) is 4.99. The summed E-state index contributed by atoms with van der Waals surface area (Å²) in [7, 11) is 1.69. The number of aromatic nitrogens is 1. The first-order valence-electron chi connectivity index (χ1n) is 9.90. The number of nitrogens with one attached hydrogen (secondary N) is 2. The van der Waals surface area contributed by atoms with E-state index in [0.29, 0.717) is 17.5 Å². The SMILES string of the molecule is C=C/C=C(\N=C)Nc1ccc(Oc2ncccc2N2CCC(C(=O)NC)CC2)cc1. The molecule has 1 aromatic carbocycles. The van der Waals surface area contributed by atoms with Gasteiger partial charge in [-0.2, -0.15) is 0 Å². The zero-order chi connectivity index (χ0) is 21.3. The van der Waals surface area contributed by atoms with Crippen LogP contribution < -0.4 is 20.3 Å². The number of piperidine rings is 1. The first-order chi connectivity index (χ1) is 14.6. The van der Waals surface area contributed by atoms with Gasteiger partial charge in [0.15, 0.2) is 0 Å². The highest BCUT2D eigenvalue weighted by molar-refractivity contribution is 5.78. The van der Waals surface area contributed by atoms with Crippen LogP contribution in [0.5, 0.6) is 11.6 Å². The number of carbonyl (C=O) groups is 1. The molecule has 1 amide bonds. The molecule has 2 heterocycles. The quantitative estimate of drug-likeness (QED) is 0.513. The first-order valence-corrected chi connectivity index (χ1v) is 9.90. The van der Waals surface area contributed by atoms with Gasteiger partial charge in [0.05, 0.1) is 0 Å². The number of ether oxygens (including phenoxy) is 1. The van der Waals surface area contributed by atoms with Gasteiger partial charge in [0.2, 0.25) is 11.8 Å². The summed E-state index contributed by atoms with van der Waals surface area (Å²) in [6.45, 7) is 8.77. The summed E-state index contributed by atoms with van der Waals surface area (Å²) in [4.78, 5) is 22.4. The molecule has 2 aromatic rings. The molecule has 7 heteroatoms. The molecule has 3 rings (SSSR count). The smallest absolute Gasteiger partial charge is 0.243 e. The number of nitrogens with zero attached hydrogens (tertiary/aromatic N) is 3. The number of carbonyl (C=O) groups excluding carboxylic acids is 1. The third-order valence-electron chi connectivity index (χ3n) is 4.99. The Hall–Kier alpha value is -3.61. The molecule has 0 unspecified atom stereocenters. The van der Waals surface area contributed by atoms with Crippen LogP contribution in [-0.4, -0.2) is 37.7 Å². The Kier molecular flexibility index (Phi) is 7.21. The van der Waals surface area contributed by atoms with E-state index in [1.165, 1.54) is 0 Å². The number of hydrogen-bond acceptors (Lipinski definition) is 6. The topological polar surface area (TPSA) is 78.9 Å². The van der Waals surface area contributed by atoms with Crippen LogP contribution in [0.2, 0.25) is 0 Å². The monoisotopic (exact) mass is 405 g/mol. The molecule has 0 saturated carbocycles. The van der Waals surface area contributed by atoms with Crippen molar-refractivity contribution in [2.24, 2.45) is 10.9 Å². The summed E-state index contributed by atoms with van der Waals surface area (Å²) in [5.41, 5.74) is 1.79. The average Bonchev–Trinajstić information content (AvgIpc) is 2.80. The van der Waals surface area contributed by atoms with E-state index in [2.05, 4.69) is 38.8 Å². The molecule has 30 heavy (non-hydrogen) atoms. The van der Waals surface area contributed by atoms with Gasteiger partial charge in [-0.25, -0.2) is 9.98 Å². The molecule has 0 spiro atoms. The fourth-order valence-corrected chi connectivity index (χ4v) is 3.40. The molecule has 0 atom stereocenters. The lowest BCUT2D eigenvalue weighted by Crippen LogP contribution is -2.39. The van der Waals surface area contributed by atoms with E-state index in [-0.39, 0.29) is 11.8 Å². The van der Waals surface area contributed by atoms with Gasteiger partial charge in [-0.05, 0) is 62.0 Å². The van der Waals surface area contributed by atoms with Gasteiger partial charge < -0.3 is 20.3 Å². The normalized spacial score (nSPS) is 14.7. The predicted octanol–water partition coefficient (Wildman–Crippen LogP) is 3.98. The van der Waals surface area contributed by atoms with Gasteiger partial charge >= 0.3 is 0 Å². The van der Waals surface area contributed by atoms with Gasteiger partial charge in [-0.3, -0.25) is 4.79 Å². The lowest BCUT2D eigenvalue weighted by atomic mass is 9.96. The zero-order valence-electron chi connectivity index (χ0n) is 17.2. The average molecular weight is 406 g/mol. The van der Waals surface area contributed by atoms with Crippen molar-refractivity contribution in [3.63, 3.8) is 0 Å². The number of aliphatic imine (C=N–C) groups is 1. The maximum absolute atomic E-state index is 11.9. The minimum atomic E-state index is 0.0671. The van der Waals surface area contributed by atoms with Gasteiger partial charge in [0.25, 0.3) is 0 Å². The fraction of sp³-hybridized carbons (Fsp3) is 0.261. The van der Waals surface area contributed by atoms with E-state index in [1.54, 1.807) is 25.4 Å². The van der Waals surface area contributed by atoms with Crippen molar-refractivity contribution < 1.29 is 9.53 Å². The van der Waals surface area contributed by atoms with Crippen molar-refractivity contribution in [2.45, 2.75) is 12.8 Å². The summed E-state index contributed by atoms with van der Waals surface area (Å²) in [6, 6.07) is 11.4. The van der Waals surface area contributed by atoms with Crippen LogP contribution >= 0.6 is 0 Å². The number of allylic oxidation sites excluding steroid dienone is 2. The summed E-state index contributed by atoms with van der Waals surface area (Å²) < 4.78 is 6.07. The largest absolute Gasteiger partial charge is 0.437 e. The number of amides is 1. The van der Waals surface area contributed by atoms with Crippen molar-refractivity contribution >= 4 is 24.0 Å². The summed E-state index contributed by atoms with van der Waals surface area (Å²) >= 11 is 0. The zero-order valence-corrected chi connectivity index (χ0v) is 17.2. The Labute approximate surface area is 177 Å². The van der Waals surface area contributed by atoms with Crippen LogP contribution in [0.25, 0.3) is 0 Å². The second-order valence-corrected chi connectivity index (χ2v) is 6.90. The Morgan fingerprint density at radius 1 is 1.27 bits per heavy atom. The van der Waals surface area contributed by atoms with Crippen LogP contribution in [0.3, 0.4) is 0 Å². The first kappa shape index (κ1) is 21.1. The lowest BCUT2D eigenvalue weighted by Gasteiger charge is -2.33. The second kappa shape index (κ2) is 10.2. The number of rotatable bonds is 8. The van der Waals surface area contributed by atoms with Crippen LogP contribution in [0.1, 0.15) is 12.8 Å². The van der Waals surface area contributed by atoms with Crippen molar-refractivity contribution in [1.82, 2.24) is 10.3 Å². The number of anilines is 2. The third kappa shape index (κ3) is 5.26. The molecule has 1 aromatic heterocycles. The maximum Gasteiger partial charge on any atom is 0.243 e. The molecule has 1 aliphatic heterocycles. The van der Waals surface area contributed by atoms with E-state index in [1.807, 2.05) is 36.4 Å². The lowest BCUT2D eigenvalue weighted by molar-refractivity contribution is -0.125. The number of hydrogen-bond donors (Lipinski definition) is 2. The molecule has 0 radical (unpaired) electrons. The molecule has 0 aliphatic carbocycles. The van der Waals surface area contributed by atoms with Crippen molar-refractivity contribution in [3.05, 3.63) is 67.1 Å². The van der Waals surface area contributed by atoms with Crippen LogP contribution in [0.15, 0.2) is 72.1 Å². The Bertz CT molecular complexity index is 915. The van der Waals surface area contributed by atoms with Crippen molar-refractivity contribution in [1.29, 1.82) is 0 Å². The van der Waals surface area contributed by atoms with E-state index in [0.717, 1.165) is 37.3 Å². The van der Waals surface area contributed by atoms with Crippen molar-refractivity contribution in [2.75, 3.05) is 30.4 Å².